The summed E-state index contributed by atoms with van der Waals surface area (Å²) in [5, 5.41) is 0.0415. The molecular formula is C10H10F3N3OS. The average Bonchev–Trinajstić information content (AvgIpc) is 2.67. The van der Waals surface area contributed by atoms with Crippen molar-refractivity contribution in [1.82, 2.24) is 9.97 Å². The van der Waals surface area contributed by atoms with Crippen LogP contribution >= 0.6 is 0 Å². The Kier molecular flexibility index (Phi) is 3.29. The molecule has 2 rings (SSSR count). The van der Waals surface area contributed by atoms with Gasteiger partial charge in [0.1, 0.15) is 0 Å². The van der Waals surface area contributed by atoms with Crippen LogP contribution in [0, 0.1) is 0 Å². The van der Waals surface area contributed by atoms with Gasteiger partial charge >= 0.3 is 6.18 Å². The highest BCUT2D eigenvalue weighted by molar-refractivity contribution is 7.84. The molecule has 0 fully saturated rings. The Labute approximate surface area is 103 Å². The van der Waals surface area contributed by atoms with Crippen molar-refractivity contribution in [2.24, 2.45) is 0 Å². The molecule has 1 heterocycles. The Morgan fingerprint density at radius 1 is 1.39 bits per heavy atom. The summed E-state index contributed by atoms with van der Waals surface area (Å²) < 4.78 is 47.7. The number of halogens is 3. The van der Waals surface area contributed by atoms with Crippen LogP contribution in [0.4, 0.5) is 18.9 Å². The lowest BCUT2D eigenvalue weighted by molar-refractivity contribution is -0.129. The topological polar surface area (TPSA) is 71.8 Å². The van der Waals surface area contributed by atoms with Gasteiger partial charge in [0.15, 0.2) is 5.16 Å². The Balaban J connectivity index is 2.18. The Morgan fingerprint density at radius 3 is 2.78 bits per heavy atom. The van der Waals surface area contributed by atoms with Gasteiger partial charge in [-0.2, -0.15) is 13.2 Å². The van der Waals surface area contributed by atoms with Crippen LogP contribution in [0.3, 0.4) is 0 Å². The molecule has 0 spiro atoms. The minimum Gasteiger partial charge on any atom is -0.399 e. The maximum absolute atomic E-state index is 12.0. The maximum atomic E-state index is 12.0. The summed E-state index contributed by atoms with van der Waals surface area (Å²) in [5.74, 6) is -0.501. The van der Waals surface area contributed by atoms with E-state index in [-0.39, 0.29) is 5.16 Å². The van der Waals surface area contributed by atoms with Crippen LogP contribution in [0.2, 0.25) is 0 Å². The first-order chi connectivity index (χ1) is 8.35. The second-order valence-corrected chi connectivity index (χ2v) is 5.22. The molecule has 2 aromatic rings. The van der Waals surface area contributed by atoms with Gasteiger partial charge in [-0.25, -0.2) is 4.98 Å². The Hall–Kier alpha value is -1.57. The van der Waals surface area contributed by atoms with Crippen molar-refractivity contribution < 1.29 is 17.4 Å². The van der Waals surface area contributed by atoms with Gasteiger partial charge in [-0.3, -0.25) is 4.21 Å². The minimum absolute atomic E-state index is 0.0415. The predicted molar refractivity (Wildman–Crippen MR) is 62.5 cm³/mol. The first kappa shape index (κ1) is 12.9. The number of fused-ring (bicyclic) bond motifs is 1. The van der Waals surface area contributed by atoms with Crippen molar-refractivity contribution in [1.29, 1.82) is 0 Å². The molecule has 1 atom stereocenters. The van der Waals surface area contributed by atoms with Gasteiger partial charge in [0, 0.05) is 11.4 Å². The van der Waals surface area contributed by atoms with Crippen LogP contribution in [0.1, 0.15) is 6.42 Å². The zero-order chi connectivity index (χ0) is 13.3. The van der Waals surface area contributed by atoms with Crippen molar-refractivity contribution >= 4 is 27.5 Å². The number of alkyl halides is 3. The molecule has 0 aliphatic carbocycles. The van der Waals surface area contributed by atoms with E-state index in [4.69, 9.17) is 5.73 Å². The number of hydrogen-bond donors (Lipinski definition) is 2. The van der Waals surface area contributed by atoms with E-state index < -0.39 is 29.1 Å². The number of imidazole rings is 1. The molecule has 0 amide bonds. The number of aromatic nitrogens is 2. The first-order valence-corrected chi connectivity index (χ1v) is 6.37. The number of aromatic amines is 1. The molecule has 0 aliphatic heterocycles. The lowest BCUT2D eigenvalue weighted by Gasteiger charge is -2.03. The number of benzene rings is 1. The zero-order valence-electron chi connectivity index (χ0n) is 9.12. The second kappa shape index (κ2) is 4.60. The average molecular weight is 277 g/mol. The minimum atomic E-state index is -4.31. The van der Waals surface area contributed by atoms with E-state index in [0.717, 1.165) is 0 Å². The smallest absolute Gasteiger partial charge is 0.390 e. The summed E-state index contributed by atoms with van der Waals surface area (Å²) in [6.45, 7) is 0. The predicted octanol–water partition coefficient (Wildman–Crippen LogP) is 2.21. The van der Waals surface area contributed by atoms with E-state index in [9.17, 15) is 17.4 Å². The number of hydrogen-bond acceptors (Lipinski definition) is 3. The largest absolute Gasteiger partial charge is 0.399 e. The quantitative estimate of drug-likeness (QED) is 0.845. The molecule has 0 aliphatic rings. The van der Waals surface area contributed by atoms with Crippen molar-refractivity contribution in [3.63, 3.8) is 0 Å². The van der Waals surface area contributed by atoms with Crippen LogP contribution in [0.5, 0.6) is 0 Å². The van der Waals surface area contributed by atoms with Gasteiger partial charge in [-0.1, -0.05) is 0 Å². The fourth-order valence-corrected chi connectivity index (χ4v) is 2.45. The highest BCUT2D eigenvalue weighted by atomic mass is 32.2. The third-order valence-electron chi connectivity index (χ3n) is 2.27. The monoisotopic (exact) mass is 277 g/mol. The number of nitrogens with one attached hydrogen (secondary N) is 1. The summed E-state index contributed by atoms with van der Waals surface area (Å²) in [7, 11) is -1.80. The molecule has 98 valence electrons. The third-order valence-corrected chi connectivity index (χ3v) is 3.47. The molecule has 1 unspecified atom stereocenters. The molecule has 18 heavy (non-hydrogen) atoms. The molecule has 4 nitrogen and oxygen atoms in total. The normalized spacial score (nSPS) is 13.9. The van der Waals surface area contributed by atoms with E-state index in [1.807, 2.05) is 0 Å². The number of nitrogens with zero attached hydrogens (tertiary/aromatic N) is 1. The fourth-order valence-electron chi connectivity index (χ4n) is 1.42. The molecule has 8 heteroatoms. The lowest BCUT2D eigenvalue weighted by Crippen LogP contribution is -2.13. The lowest BCUT2D eigenvalue weighted by atomic mass is 10.3. The molecule has 0 saturated carbocycles. The van der Waals surface area contributed by atoms with Crippen molar-refractivity contribution in [3.8, 4) is 0 Å². The van der Waals surface area contributed by atoms with Crippen LogP contribution in [0.15, 0.2) is 23.4 Å². The van der Waals surface area contributed by atoms with E-state index in [0.29, 0.717) is 16.7 Å². The molecular weight excluding hydrogens is 267 g/mol. The molecule has 1 aromatic heterocycles. The highest BCUT2D eigenvalue weighted by Gasteiger charge is 2.28. The Morgan fingerprint density at radius 2 is 2.11 bits per heavy atom. The van der Waals surface area contributed by atoms with Gasteiger partial charge in [-0.15, -0.1) is 0 Å². The number of nitrogen functional groups attached to an aromatic ring is 1. The molecule has 1 aromatic carbocycles. The summed E-state index contributed by atoms with van der Waals surface area (Å²) >= 11 is 0. The first-order valence-electron chi connectivity index (χ1n) is 5.05. The molecule has 0 saturated heterocycles. The highest BCUT2D eigenvalue weighted by Crippen LogP contribution is 2.22. The van der Waals surface area contributed by atoms with Gasteiger partial charge in [0.05, 0.1) is 28.3 Å². The summed E-state index contributed by atoms with van der Waals surface area (Å²) in [5.41, 5.74) is 7.14. The summed E-state index contributed by atoms with van der Waals surface area (Å²) in [6, 6.07) is 4.82. The van der Waals surface area contributed by atoms with Gasteiger partial charge in [0.25, 0.3) is 0 Å². The van der Waals surface area contributed by atoms with Crippen molar-refractivity contribution in [2.75, 3.05) is 11.5 Å². The summed E-state index contributed by atoms with van der Waals surface area (Å²) in [6.07, 6.45) is -5.41. The van der Waals surface area contributed by atoms with E-state index >= 15 is 0 Å². The van der Waals surface area contributed by atoms with Crippen LogP contribution in [-0.2, 0) is 10.8 Å². The van der Waals surface area contributed by atoms with Crippen LogP contribution in [0.25, 0.3) is 11.0 Å². The number of anilines is 1. The van der Waals surface area contributed by atoms with E-state index in [1.165, 1.54) is 0 Å². The number of rotatable bonds is 3. The van der Waals surface area contributed by atoms with E-state index in [2.05, 4.69) is 9.97 Å². The van der Waals surface area contributed by atoms with Crippen LogP contribution < -0.4 is 5.73 Å². The Bertz CT molecular complexity index is 594. The van der Waals surface area contributed by atoms with Gasteiger partial charge < -0.3 is 10.7 Å². The van der Waals surface area contributed by atoms with Gasteiger partial charge in [-0.05, 0) is 18.2 Å². The number of H-pyrrole nitrogens is 1. The SMILES string of the molecule is Nc1ccc2nc(S(=O)CCC(F)(F)F)[nH]c2c1. The fraction of sp³-hybridized carbons (Fsp3) is 0.300. The molecule has 0 bridgehead atoms. The maximum Gasteiger partial charge on any atom is 0.390 e. The van der Waals surface area contributed by atoms with E-state index in [1.54, 1.807) is 18.2 Å². The third kappa shape index (κ3) is 3.00. The molecule has 3 N–H and O–H groups in total. The zero-order valence-corrected chi connectivity index (χ0v) is 9.94. The van der Waals surface area contributed by atoms with Crippen molar-refractivity contribution in [2.45, 2.75) is 17.8 Å². The molecule has 0 radical (unpaired) electrons. The number of nitrogens with two attached hydrogens (primary N) is 1. The summed E-state index contributed by atoms with van der Waals surface area (Å²) in [4.78, 5) is 6.69. The van der Waals surface area contributed by atoms with Gasteiger partial charge in [0.2, 0.25) is 0 Å². The standard InChI is InChI=1S/C10H10F3N3OS/c11-10(12,13)3-4-18(17)9-15-7-2-1-6(14)5-8(7)16-9/h1-2,5H,3-4,14H2,(H,15,16). The second-order valence-electron chi connectivity index (χ2n) is 3.73. The van der Waals surface area contributed by atoms with Crippen molar-refractivity contribution in [3.05, 3.63) is 18.2 Å². The van der Waals surface area contributed by atoms with Crippen LogP contribution in [-0.4, -0.2) is 26.1 Å².